The smallest absolute Gasteiger partial charge is 0.337 e. The first-order valence-corrected chi connectivity index (χ1v) is 9.59. The van der Waals surface area contributed by atoms with Gasteiger partial charge in [0.2, 0.25) is 10.0 Å². The molecule has 0 bridgehead atoms. The molecule has 1 unspecified atom stereocenters. The van der Waals surface area contributed by atoms with Gasteiger partial charge < -0.3 is 10.1 Å². The molecule has 0 saturated carbocycles. The number of carbonyl (C=O) groups excluding carboxylic acids is 1. The van der Waals surface area contributed by atoms with Gasteiger partial charge in [-0.1, -0.05) is 6.07 Å². The molecule has 2 aliphatic rings. The molecule has 0 aliphatic carbocycles. The second-order valence-electron chi connectivity index (χ2n) is 6.11. The Kier molecular flexibility index (Phi) is 6.81. The van der Waals surface area contributed by atoms with Crippen molar-refractivity contribution in [1.29, 1.82) is 0 Å². The van der Waals surface area contributed by atoms with Gasteiger partial charge in [0.05, 0.1) is 17.6 Å². The molecule has 0 aromatic heterocycles. The Hall–Kier alpha value is -1.19. The zero-order valence-electron chi connectivity index (χ0n) is 14.2. The van der Waals surface area contributed by atoms with E-state index in [2.05, 4.69) is 15.0 Å². The molecule has 1 aromatic carbocycles. The number of rotatable bonds is 4. The zero-order valence-corrected chi connectivity index (χ0v) is 15.8. The predicted octanol–water partition coefficient (Wildman–Crippen LogP) is 0.563. The number of nitrogens with one attached hydrogen (secondary N) is 1. The first-order chi connectivity index (χ1) is 11.5. The van der Waals surface area contributed by atoms with Crippen LogP contribution in [0, 0.1) is 0 Å². The van der Waals surface area contributed by atoms with Gasteiger partial charge in [0.15, 0.2) is 0 Å². The fourth-order valence-corrected chi connectivity index (χ4v) is 4.78. The van der Waals surface area contributed by atoms with Crippen LogP contribution in [0.1, 0.15) is 16.8 Å². The number of benzene rings is 1. The lowest BCUT2D eigenvalue weighted by Crippen LogP contribution is -2.52. The topological polar surface area (TPSA) is 79.0 Å². The molecule has 0 amide bonds. The lowest BCUT2D eigenvalue weighted by Gasteiger charge is -2.37. The maximum atomic E-state index is 12.8. The van der Waals surface area contributed by atoms with E-state index < -0.39 is 16.0 Å². The molecule has 25 heavy (non-hydrogen) atoms. The molecule has 1 atom stereocenters. The van der Waals surface area contributed by atoms with E-state index in [0.717, 1.165) is 32.6 Å². The molecule has 1 aromatic rings. The van der Waals surface area contributed by atoms with Crippen molar-refractivity contribution in [1.82, 2.24) is 14.5 Å². The maximum Gasteiger partial charge on any atom is 0.337 e. The highest BCUT2D eigenvalue weighted by molar-refractivity contribution is 7.89. The van der Waals surface area contributed by atoms with Gasteiger partial charge in [0.25, 0.3) is 0 Å². The first kappa shape index (κ1) is 20.1. The Bertz CT molecular complexity index is 699. The highest BCUT2D eigenvalue weighted by Gasteiger charge is 2.32. The molecular formula is C16H24ClN3O4S. The minimum atomic E-state index is -3.59. The highest BCUT2D eigenvalue weighted by atomic mass is 35.5. The van der Waals surface area contributed by atoms with Crippen LogP contribution in [0.15, 0.2) is 29.2 Å². The maximum absolute atomic E-state index is 12.8. The van der Waals surface area contributed by atoms with E-state index in [1.165, 1.54) is 23.5 Å². The lowest BCUT2D eigenvalue weighted by atomic mass is 10.2. The molecule has 9 heteroatoms. The second kappa shape index (κ2) is 8.46. The van der Waals surface area contributed by atoms with Gasteiger partial charge in [-0.15, -0.1) is 12.4 Å². The number of nitrogens with zero attached hydrogens (tertiary/aromatic N) is 2. The van der Waals surface area contributed by atoms with Gasteiger partial charge in [0.1, 0.15) is 0 Å². The van der Waals surface area contributed by atoms with Gasteiger partial charge in [0, 0.05) is 38.8 Å². The fourth-order valence-electron chi connectivity index (χ4n) is 3.31. The largest absolute Gasteiger partial charge is 0.465 e. The number of sulfonamides is 1. The molecule has 1 N–H and O–H groups in total. The molecule has 2 fully saturated rings. The minimum absolute atomic E-state index is 0. The molecule has 2 saturated heterocycles. The van der Waals surface area contributed by atoms with E-state index in [1.54, 1.807) is 12.1 Å². The van der Waals surface area contributed by atoms with Crippen LogP contribution in [0.3, 0.4) is 0 Å². The van der Waals surface area contributed by atoms with Crippen LogP contribution in [0.2, 0.25) is 0 Å². The summed E-state index contributed by atoms with van der Waals surface area (Å²) in [5.74, 6) is -0.536. The third-order valence-corrected chi connectivity index (χ3v) is 6.61. The average Bonchev–Trinajstić information content (AvgIpc) is 3.16. The number of methoxy groups -OCH3 is 1. The number of hydrogen-bond acceptors (Lipinski definition) is 6. The van der Waals surface area contributed by atoms with Gasteiger partial charge in [-0.05, 0) is 31.2 Å². The molecule has 7 nitrogen and oxygen atoms in total. The summed E-state index contributed by atoms with van der Waals surface area (Å²) in [6.45, 7) is 4.44. The molecular weight excluding hydrogens is 366 g/mol. The summed E-state index contributed by atoms with van der Waals surface area (Å²) < 4.78 is 31.8. The summed E-state index contributed by atoms with van der Waals surface area (Å²) in [6, 6.07) is 6.54. The van der Waals surface area contributed by atoms with Crippen molar-refractivity contribution in [2.45, 2.75) is 17.4 Å². The molecule has 140 valence electrons. The first-order valence-electron chi connectivity index (χ1n) is 8.15. The number of esters is 1. The Morgan fingerprint density at radius 1 is 1.24 bits per heavy atom. The van der Waals surface area contributed by atoms with Gasteiger partial charge in [-0.25, -0.2) is 13.2 Å². The Morgan fingerprint density at radius 3 is 2.56 bits per heavy atom. The summed E-state index contributed by atoms with van der Waals surface area (Å²) in [5, 5.41) is 3.34. The van der Waals surface area contributed by atoms with Gasteiger partial charge in [-0.2, -0.15) is 4.31 Å². The monoisotopic (exact) mass is 389 g/mol. The molecule has 2 aliphatic heterocycles. The normalized spacial score (nSPS) is 22.4. The molecule has 3 rings (SSSR count). The van der Waals surface area contributed by atoms with Gasteiger partial charge in [-0.3, -0.25) is 4.90 Å². The number of carbonyl (C=O) groups is 1. The van der Waals surface area contributed by atoms with Crippen molar-refractivity contribution < 1.29 is 17.9 Å². The predicted molar refractivity (Wildman–Crippen MR) is 96.6 cm³/mol. The van der Waals surface area contributed by atoms with E-state index in [9.17, 15) is 13.2 Å². The number of halogens is 1. The summed E-state index contributed by atoms with van der Waals surface area (Å²) in [5.41, 5.74) is 0.245. The lowest BCUT2D eigenvalue weighted by molar-refractivity contribution is 0.0600. The molecule has 0 radical (unpaired) electrons. The molecule has 2 heterocycles. The second-order valence-corrected chi connectivity index (χ2v) is 8.04. The van der Waals surface area contributed by atoms with E-state index in [-0.39, 0.29) is 22.9 Å². The Balaban J connectivity index is 0.00000225. The van der Waals surface area contributed by atoms with Crippen LogP contribution in [0.5, 0.6) is 0 Å². The average molecular weight is 390 g/mol. The quantitative estimate of drug-likeness (QED) is 0.758. The zero-order chi connectivity index (χ0) is 17.2. The number of piperazine rings is 1. The van der Waals surface area contributed by atoms with Crippen molar-refractivity contribution in [2.24, 2.45) is 0 Å². The third-order valence-electron chi connectivity index (χ3n) is 4.72. The summed E-state index contributed by atoms with van der Waals surface area (Å²) in [7, 11) is -2.31. The van der Waals surface area contributed by atoms with Crippen LogP contribution < -0.4 is 5.32 Å². The third kappa shape index (κ3) is 4.32. The Morgan fingerprint density at radius 2 is 1.96 bits per heavy atom. The van der Waals surface area contributed by atoms with Crippen LogP contribution in [-0.4, -0.2) is 76.0 Å². The highest BCUT2D eigenvalue weighted by Crippen LogP contribution is 2.20. The number of ether oxygens (including phenoxy) is 1. The minimum Gasteiger partial charge on any atom is -0.465 e. The van der Waals surface area contributed by atoms with E-state index in [0.29, 0.717) is 19.1 Å². The van der Waals surface area contributed by atoms with Crippen molar-refractivity contribution in [3.05, 3.63) is 29.8 Å². The van der Waals surface area contributed by atoms with Crippen LogP contribution in [-0.2, 0) is 14.8 Å². The van der Waals surface area contributed by atoms with Crippen molar-refractivity contribution >= 4 is 28.4 Å². The van der Waals surface area contributed by atoms with Crippen LogP contribution >= 0.6 is 12.4 Å². The standard InChI is InChI=1S/C16H23N3O4S.ClH/c1-23-16(20)13-3-2-4-15(11-13)24(21,22)19-9-7-18(8-10-19)14-5-6-17-12-14;/h2-4,11,14,17H,5-10,12H2,1H3;1H. The van der Waals surface area contributed by atoms with Crippen LogP contribution in [0.4, 0.5) is 0 Å². The fraction of sp³-hybridized carbons (Fsp3) is 0.562. The molecule has 0 spiro atoms. The van der Waals surface area contributed by atoms with Gasteiger partial charge >= 0.3 is 5.97 Å². The number of hydrogen-bond donors (Lipinski definition) is 1. The van der Waals surface area contributed by atoms with Crippen molar-refractivity contribution in [3.63, 3.8) is 0 Å². The van der Waals surface area contributed by atoms with Crippen molar-refractivity contribution in [3.8, 4) is 0 Å². The van der Waals surface area contributed by atoms with Crippen molar-refractivity contribution in [2.75, 3.05) is 46.4 Å². The van der Waals surface area contributed by atoms with E-state index in [1.807, 2.05) is 0 Å². The van der Waals surface area contributed by atoms with E-state index >= 15 is 0 Å². The summed E-state index contributed by atoms with van der Waals surface area (Å²) in [6.07, 6.45) is 1.12. The summed E-state index contributed by atoms with van der Waals surface area (Å²) >= 11 is 0. The summed E-state index contributed by atoms with van der Waals surface area (Å²) in [4.78, 5) is 14.1. The Labute approximate surface area is 154 Å². The van der Waals surface area contributed by atoms with E-state index in [4.69, 9.17) is 0 Å². The SMILES string of the molecule is COC(=O)c1cccc(S(=O)(=O)N2CCN(C3CCNC3)CC2)c1.Cl. The van der Waals surface area contributed by atoms with Crippen LogP contribution in [0.25, 0.3) is 0 Å².